The van der Waals surface area contributed by atoms with Crippen molar-refractivity contribution in [3.63, 3.8) is 0 Å². The summed E-state index contributed by atoms with van der Waals surface area (Å²) in [4.78, 5) is 36.7. The number of urea groups is 1. The van der Waals surface area contributed by atoms with Crippen LogP contribution in [0.5, 0.6) is 17.2 Å². The third kappa shape index (κ3) is 8.18. The summed E-state index contributed by atoms with van der Waals surface area (Å²) < 4.78 is 21.7. The summed E-state index contributed by atoms with van der Waals surface area (Å²) in [5, 5.41) is 10.2. The molecular formula is C30H28Cl2N4O7. The number of hydrogen-bond donors (Lipinski definition) is 3. The molecule has 0 saturated carbocycles. The lowest BCUT2D eigenvalue weighted by atomic mass is 9.95. The van der Waals surface area contributed by atoms with Gasteiger partial charge in [-0.1, -0.05) is 35.3 Å². The first-order valence-corrected chi connectivity index (χ1v) is 13.6. The molecule has 1 aliphatic rings. The van der Waals surface area contributed by atoms with Crippen LogP contribution in [-0.4, -0.2) is 44.9 Å². The van der Waals surface area contributed by atoms with E-state index in [-0.39, 0.29) is 17.9 Å². The van der Waals surface area contributed by atoms with Crippen LogP contribution in [0.15, 0.2) is 77.0 Å². The number of nitrogens with zero attached hydrogens (tertiary/aromatic N) is 1. The molecule has 0 fully saturated rings. The van der Waals surface area contributed by atoms with Crippen LogP contribution >= 0.6 is 23.2 Å². The van der Waals surface area contributed by atoms with E-state index in [1.54, 1.807) is 61.5 Å². The summed E-state index contributed by atoms with van der Waals surface area (Å²) in [5.41, 5.74) is 5.21. The summed E-state index contributed by atoms with van der Waals surface area (Å²) in [7, 11) is 2.69. The fourth-order valence-corrected chi connectivity index (χ4v) is 4.43. The maximum atomic E-state index is 12.4. The van der Waals surface area contributed by atoms with Crippen molar-refractivity contribution in [3.8, 4) is 17.2 Å². The van der Waals surface area contributed by atoms with E-state index in [4.69, 9.17) is 42.1 Å². The van der Waals surface area contributed by atoms with Crippen molar-refractivity contribution in [2.24, 2.45) is 5.10 Å². The van der Waals surface area contributed by atoms with Gasteiger partial charge in [-0.3, -0.25) is 4.79 Å². The number of methoxy groups -OCH3 is 2. The van der Waals surface area contributed by atoms with Crippen LogP contribution < -0.4 is 30.3 Å². The summed E-state index contributed by atoms with van der Waals surface area (Å²) in [6.45, 7) is 1.59. The van der Waals surface area contributed by atoms with E-state index in [0.717, 1.165) is 11.1 Å². The zero-order valence-corrected chi connectivity index (χ0v) is 24.9. The molecule has 0 unspecified atom stereocenters. The average Bonchev–Trinajstić information content (AvgIpc) is 3.00. The summed E-state index contributed by atoms with van der Waals surface area (Å²) >= 11 is 12.0. The Kier molecular flexibility index (Phi) is 10.5. The second-order valence-electron chi connectivity index (χ2n) is 9.16. The molecule has 3 aromatic carbocycles. The molecule has 0 radical (unpaired) electrons. The molecule has 1 aliphatic heterocycles. The van der Waals surface area contributed by atoms with Crippen LogP contribution in [0.2, 0.25) is 10.0 Å². The van der Waals surface area contributed by atoms with E-state index in [1.807, 2.05) is 6.07 Å². The highest BCUT2D eigenvalue weighted by molar-refractivity contribution is 6.42. The Morgan fingerprint density at radius 1 is 0.977 bits per heavy atom. The van der Waals surface area contributed by atoms with Gasteiger partial charge in [-0.15, -0.1) is 0 Å². The first kappa shape index (κ1) is 31.2. The molecule has 1 heterocycles. The number of benzene rings is 3. The van der Waals surface area contributed by atoms with Crippen molar-refractivity contribution in [1.29, 1.82) is 0 Å². The van der Waals surface area contributed by atoms with Crippen LogP contribution in [0.3, 0.4) is 0 Å². The predicted molar refractivity (Wildman–Crippen MR) is 161 cm³/mol. The van der Waals surface area contributed by atoms with Gasteiger partial charge in [-0.25, -0.2) is 15.0 Å². The second-order valence-corrected chi connectivity index (χ2v) is 9.97. The van der Waals surface area contributed by atoms with Gasteiger partial charge in [-0.05, 0) is 72.1 Å². The summed E-state index contributed by atoms with van der Waals surface area (Å²) in [5.74, 6) is 0.139. The lowest BCUT2D eigenvalue weighted by molar-refractivity contribution is -0.136. The Balaban J connectivity index is 1.30. The van der Waals surface area contributed by atoms with Crippen molar-refractivity contribution in [3.05, 3.63) is 98.7 Å². The first-order chi connectivity index (χ1) is 20.7. The lowest BCUT2D eigenvalue weighted by Gasteiger charge is -2.28. The molecule has 0 spiro atoms. The van der Waals surface area contributed by atoms with Gasteiger partial charge in [0.25, 0.3) is 5.91 Å². The van der Waals surface area contributed by atoms with Crippen LogP contribution in [-0.2, 0) is 20.9 Å². The lowest BCUT2D eigenvalue weighted by Crippen LogP contribution is -2.45. The van der Waals surface area contributed by atoms with Crippen molar-refractivity contribution in [2.45, 2.75) is 19.6 Å². The molecule has 0 bridgehead atoms. The molecule has 3 aromatic rings. The zero-order valence-electron chi connectivity index (χ0n) is 23.4. The molecule has 13 heteroatoms. The number of amides is 3. The molecule has 0 aromatic heterocycles. The van der Waals surface area contributed by atoms with E-state index < -0.39 is 23.9 Å². The fraction of sp³-hybridized carbons (Fsp3) is 0.200. The molecule has 224 valence electrons. The van der Waals surface area contributed by atoms with Gasteiger partial charge in [0.1, 0.15) is 12.4 Å². The van der Waals surface area contributed by atoms with Crippen molar-refractivity contribution >= 4 is 47.3 Å². The molecule has 4 rings (SSSR count). The van der Waals surface area contributed by atoms with Crippen molar-refractivity contribution in [2.75, 3.05) is 20.8 Å². The van der Waals surface area contributed by atoms with E-state index in [0.29, 0.717) is 39.4 Å². The smallest absolute Gasteiger partial charge is 0.337 e. The average molecular weight is 627 g/mol. The molecular weight excluding hydrogens is 599 g/mol. The number of carbonyl (C=O) groups excluding carboxylic acids is 3. The fourth-order valence-electron chi connectivity index (χ4n) is 4.11. The summed E-state index contributed by atoms with van der Waals surface area (Å²) in [6, 6.07) is 16.0. The molecule has 3 amide bonds. The minimum absolute atomic E-state index is 0.250. The topological polar surface area (TPSA) is 137 Å². The third-order valence-electron chi connectivity index (χ3n) is 6.23. The van der Waals surface area contributed by atoms with Gasteiger partial charge in [0.05, 0.1) is 42.1 Å². The zero-order chi connectivity index (χ0) is 30.9. The quantitative estimate of drug-likeness (QED) is 0.156. The number of carbonyl (C=O) groups is 3. The highest BCUT2D eigenvalue weighted by Crippen LogP contribution is 2.34. The van der Waals surface area contributed by atoms with E-state index in [2.05, 4.69) is 21.2 Å². The number of esters is 1. The van der Waals surface area contributed by atoms with Gasteiger partial charge in [-0.2, -0.15) is 5.10 Å². The molecule has 0 aliphatic carbocycles. The maximum Gasteiger partial charge on any atom is 0.337 e. The Labute approximate surface area is 257 Å². The normalized spacial score (nSPS) is 14.5. The van der Waals surface area contributed by atoms with E-state index in [1.165, 1.54) is 20.4 Å². The predicted octanol–water partition coefficient (Wildman–Crippen LogP) is 4.91. The third-order valence-corrected chi connectivity index (χ3v) is 6.97. The van der Waals surface area contributed by atoms with Gasteiger partial charge in [0.2, 0.25) is 0 Å². The molecule has 3 N–H and O–H groups in total. The number of rotatable bonds is 11. The standard InChI is InChI=1S/C30H28Cl2N4O7/c1-17-27(29(38)41-3)28(35-30(39)34-17)20-7-11-24(25(13-20)40-2)43-16-26(37)36-33-14-18-4-8-21(9-5-18)42-15-19-6-10-22(31)23(32)12-19/h4-14,28H,15-16H2,1-3H3,(H,36,37)(H2,34,35,39)/b33-14-/t28-/m1/s1. The molecule has 43 heavy (non-hydrogen) atoms. The Bertz CT molecular complexity index is 1580. The van der Waals surface area contributed by atoms with Gasteiger partial charge in [0.15, 0.2) is 18.1 Å². The van der Waals surface area contributed by atoms with Gasteiger partial charge >= 0.3 is 12.0 Å². The van der Waals surface area contributed by atoms with Crippen LogP contribution in [0, 0.1) is 0 Å². The molecule has 1 atom stereocenters. The number of allylic oxidation sites excluding steroid dienone is 1. The largest absolute Gasteiger partial charge is 0.493 e. The number of halogens is 2. The van der Waals surface area contributed by atoms with E-state index >= 15 is 0 Å². The number of ether oxygens (including phenoxy) is 4. The van der Waals surface area contributed by atoms with Crippen LogP contribution in [0.4, 0.5) is 4.79 Å². The van der Waals surface area contributed by atoms with Gasteiger partial charge in [0, 0.05) is 5.70 Å². The molecule has 11 nitrogen and oxygen atoms in total. The highest BCUT2D eigenvalue weighted by atomic mass is 35.5. The number of nitrogens with one attached hydrogen (secondary N) is 3. The Morgan fingerprint density at radius 2 is 1.74 bits per heavy atom. The van der Waals surface area contributed by atoms with E-state index in [9.17, 15) is 14.4 Å². The number of hydrazone groups is 1. The first-order valence-electron chi connectivity index (χ1n) is 12.8. The minimum atomic E-state index is -0.773. The maximum absolute atomic E-state index is 12.4. The Morgan fingerprint density at radius 3 is 2.44 bits per heavy atom. The Hall–Kier alpha value is -4.74. The van der Waals surface area contributed by atoms with Crippen molar-refractivity contribution < 1.29 is 33.3 Å². The van der Waals surface area contributed by atoms with Crippen molar-refractivity contribution in [1.82, 2.24) is 16.1 Å². The monoisotopic (exact) mass is 626 g/mol. The molecule has 0 saturated heterocycles. The van der Waals surface area contributed by atoms with Gasteiger partial charge < -0.3 is 29.6 Å². The van der Waals surface area contributed by atoms with Crippen LogP contribution in [0.25, 0.3) is 0 Å². The minimum Gasteiger partial charge on any atom is -0.493 e. The second kappa shape index (κ2) is 14.4. The SMILES string of the molecule is COC(=O)C1=C(C)NC(=O)N[C@@H]1c1ccc(OCC(=O)N/N=C\c2ccc(OCc3ccc(Cl)c(Cl)c3)cc2)c(OC)c1. The highest BCUT2D eigenvalue weighted by Gasteiger charge is 2.32. The number of hydrogen-bond acceptors (Lipinski definition) is 8. The van der Waals surface area contributed by atoms with Crippen LogP contribution in [0.1, 0.15) is 29.7 Å². The summed E-state index contributed by atoms with van der Waals surface area (Å²) in [6.07, 6.45) is 1.48.